The first-order valence-electron chi connectivity index (χ1n) is 12.6. The van der Waals surface area contributed by atoms with E-state index in [2.05, 4.69) is 0 Å². The molecule has 0 bridgehead atoms. The minimum Gasteiger partial charge on any atom is -0.497 e. The number of carbonyl (C=O) groups excluding carboxylic acids is 1. The van der Waals surface area contributed by atoms with Crippen LogP contribution in [-0.2, 0) is 22.6 Å². The molecular weight excluding hydrogens is 485 g/mol. The van der Waals surface area contributed by atoms with E-state index in [0.29, 0.717) is 12.1 Å². The van der Waals surface area contributed by atoms with Gasteiger partial charge in [-0.2, -0.15) is 0 Å². The van der Waals surface area contributed by atoms with E-state index >= 15 is 0 Å². The third-order valence-electron chi connectivity index (χ3n) is 6.96. The number of aliphatic carboxylic acids is 1. The Morgan fingerprint density at radius 1 is 0.974 bits per heavy atom. The summed E-state index contributed by atoms with van der Waals surface area (Å²) in [6.45, 7) is 12.0. The number of aryl methyl sites for hydroxylation is 1. The van der Waals surface area contributed by atoms with Gasteiger partial charge in [-0.05, 0) is 87.1 Å². The molecular formula is C31H34FNO5. The molecule has 7 heteroatoms. The molecule has 3 aromatic carbocycles. The van der Waals surface area contributed by atoms with Crippen molar-refractivity contribution in [3.05, 3.63) is 87.2 Å². The molecule has 0 spiro atoms. The minimum absolute atomic E-state index is 0.198. The van der Waals surface area contributed by atoms with Crippen molar-refractivity contribution in [2.75, 3.05) is 7.11 Å². The molecule has 0 aromatic heterocycles. The zero-order valence-corrected chi connectivity index (χ0v) is 22.9. The van der Waals surface area contributed by atoms with E-state index in [1.54, 1.807) is 4.90 Å². The number of halogens is 1. The van der Waals surface area contributed by atoms with Crippen LogP contribution >= 0.6 is 0 Å². The molecule has 3 aromatic rings. The Balaban J connectivity index is 1.88. The standard InChI is InChI=1S/C31H34FNO5/c1-17-8-10-20(11-9-17)26-18(2)24-15-33(29(34)21-12-22(32)14-23(13-21)37-7)16-25(24)19(3)27(26)28(30(35)36)38-31(4,5)6/h8-14,28H,15-16H2,1-7H3,(H,35,36). The highest BCUT2D eigenvalue weighted by Gasteiger charge is 2.36. The number of carboxylic acids is 1. The van der Waals surface area contributed by atoms with Crippen LogP contribution in [0.2, 0.25) is 0 Å². The summed E-state index contributed by atoms with van der Waals surface area (Å²) in [5.41, 5.74) is 6.42. The average molecular weight is 520 g/mol. The molecule has 1 amide bonds. The van der Waals surface area contributed by atoms with Gasteiger partial charge in [0.25, 0.3) is 5.91 Å². The SMILES string of the molecule is COc1cc(F)cc(C(=O)N2Cc3c(C)c(-c4ccc(C)cc4)c(C(OC(C)(C)C)C(=O)O)c(C)c3C2)c1. The Hall–Kier alpha value is -3.71. The number of nitrogens with zero attached hydrogens (tertiary/aromatic N) is 1. The summed E-state index contributed by atoms with van der Waals surface area (Å²) in [6, 6.07) is 11.9. The highest BCUT2D eigenvalue weighted by atomic mass is 19.1. The normalized spacial score (nSPS) is 13.8. The molecule has 1 atom stereocenters. The van der Waals surface area contributed by atoms with Gasteiger partial charge in [0, 0.05) is 30.3 Å². The third-order valence-corrected chi connectivity index (χ3v) is 6.96. The van der Waals surface area contributed by atoms with Gasteiger partial charge in [0.15, 0.2) is 6.10 Å². The molecule has 0 saturated carbocycles. The van der Waals surface area contributed by atoms with E-state index < -0.39 is 23.5 Å². The van der Waals surface area contributed by atoms with Gasteiger partial charge in [-0.25, -0.2) is 9.18 Å². The summed E-state index contributed by atoms with van der Waals surface area (Å²) in [5, 5.41) is 10.3. The largest absolute Gasteiger partial charge is 0.497 e. The van der Waals surface area contributed by atoms with E-state index in [0.717, 1.165) is 38.9 Å². The number of ether oxygens (including phenoxy) is 2. The van der Waals surface area contributed by atoms with Crippen molar-refractivity contribution in [1.82, 2.24) is 4.90 Å². The number of rotatable bonds is 6. The summed E-state index contributed by atoms with van der Waals surface area (Å²) in [4.78, 5) is 27.7. The average Bonchev–Trinajstić information content (AvgIpc) is 3.30. The Morgan fingerprint density at radius 2 is 1.58 bits per heavy atom. The van der Waals surface area contributed by atoms with Gasteiger partial charge < -0.3 is 19.5 Å². The molecule has 38 heavy (non-hydrogen) atoms. The van der Waals surface area contributed by atoms with Crippen LogP contribution in [0.15, 0.2) is 42.5 Å². The molecule has 1 N–H and O–H groups in total. The number of carboxylic acid groups (broad SMARTS) is 1. The zero-order chi connectivity index (χ0) is 27.9. The first kappa shape index (κ1) is 27.3. The second-order valence-corrected chi connectivity index (χ2v) is 10.9. The van der Waals surface area contributed by atoms with Gasteiger partial charge in [-0.3, -0.25) is 4.79 Å². The third kappa shape index (κ3) is 5.29. The summed E-state index contributed by atoms with van der Waals surface area (Å²) in [7, 11) is 1.42. The van der Waals surface area contributed by atoms with Crippen molar-refractivity contribution < 1.29 is 28.6 Å². The number of methoxy groups -OCH3 is 1. The van der Waals surface area contributed by atoms with Crippen molar-refractivity contribution in [2.45, 2.75) is 66.3 Å². The Kier molecular flexibility index (Phi) is 7.35. The maximum Gasteiger partial charge on any atom is 0.337 e. The fourth-order valence-electron chi connectivity index (χ4n) is 5.16. The molecule has 1 heterocycles. The molecule has 4 rings (SSSR count). The quantitative estimate of drug-likeness (QED) is 0.401. The fraction of sp³-hybridized carbons (Fsp3) is 0.355. The van der Waals surface area contributed by atoms with Gasteiger partial charge in [0.1, 0.15) is 11.6 Å². The van der Waals surface area contributed by atoms with Crippen LogP contribution in [0.4, 0.5) is 4.39 Å². The van der Waals surface area contributed by atoms with Crippen LogP contribution in [-0.4, -0.2) is 34.6 Å². The van der Waals surface area contributed by atoms with Crippen molar-refractivity contribution >= 4 is 11.9 Å². The number of carbonyl (C=O) groups is 2. The molecule has 1 aliphatic rings. The van der Waals surface area contributed by atoms with Crippen LogP contribution < -0.4 is 4.74 Å². The zero-order valence-electron chi connectivity index (χ0n) is 22.9. The predicted octanol–water partition coefficient (Wildman–Crippen LogP) is 6.52. The lowest BCUT2D eigenvalue weighted by atomic mass is 9.83. The summed E-state index contributed by atoms with van der Waals surface area (Å²) >= 11 is 0. The number of amides is 1. The van der Waals surface area contributed by atoms with Crippen molar-refractivity contribution in [3.63, 3.8) is 0 Å². The van der Waals surface area contributed by atoms with Gasteiger partial charge in [-0.1, -0.05) is 29.8 Å². The van der Waals surface area contributed by atoms with E-state index in [1.807, 2.05) is 65.8 Å². The maximum absolute atomic E-state index is 14.2. The highest BCUT2D eigenvalue weighted by molar-refractivity contribution is 5.95. The number of hydrogen-bond donors (Lipinski definition) is 1. The smallest absolute Gasteiger partial charge is 0.337 e. The molecule has 0 fully saturated rings. The van der Waals surface area contributed by atoms with E-state index in [9.17, 15) is 19.1 Å². The molecule has 200 valence electrons. The fourth-order valence-corrected chi connectivity index (χ4v) is 5.16. The summed E-state index contributed by atoms with van der Waals surface area (Å²) in [5.74, 6) is -1.68. The van der Waals surface area contributed by atoms with Crippen LogP contribution in [0.1, 0.15) is 70.6 Å². The molecule has 6 nitrogen and oxygen atoms in total. The summed E-state index contributed by atoms with van der Waals surface area (Å²) < 4.78 is 25.4. The van der Waals surface area contributed by atoms with Gasteiger partial charge >= 0.3 is 5.97 Å². The lowest BCUT2D eigenvalue weighted by Crippen LogP contribution is -2.28. The van der Waals surface area contributed by atoms with Crippen LogP contribution in [0, 0.1) is 26.6 Å². The van der Waals surface area contributed by atoms with Crippen LogP contribution in [0.3, 0.4) is 0 Å². The second kappa shape index (κ2) is 10.2. The Labute approximate surface area is 223 Å². The van der Waals surface area contributed by atoms with E-state index in [-0.39, 0.29) is 23.8 Å². The monoisotopic (exact) mass is 519 g/mol. The molecule has 1 aliphatic heterocycles. The molecule has 0 radical (unpaired) electrons. The minimum atomic E-state index is -1.20. The van der Waals surface area contributed by atoms with E-state index in [1.165, 1.54) is 25.3 Å². The number of benzene rings is 3. The highest BCUT2D eigenvalue weighted by Crippen LogP contribution is 2.44. The molecule has 1 unspecified atom stereocenters. The van der Waals surface area contributed by atoms with Crippen LogP contribution in [0.25, 0.3) is 11.1 Å². The van der Waals surface area contributed by atoms with Gasteiger partial charge in [0.2, 0.25) is 0 Å². The number of hydrogen-bond acceptors (Lipinski definition) is 4. The van der Waals surface area contributed by atoms with Crippen molar-refractivity contribution in [2.24, 2.45) is 0 Å². The Morgan fingerprint density at radius 3 is 2.13 bits per heavy atom. The van der Waals surface area contributed by atoms with E-state index in [4.69, 9.17) is 9.47 Å². The topological polar surface area (TPSA) is 76.1 Å². The summed E-state index contributed by atoms with van der Waals surface area (Å²) in [6.07, 6.45) is -1.20. The number of fused-ring (bicyclic) bond motifs is 1. The maximum atomic E-state index is 14.2. The van der Waals surface area contributed by atoms with Crippen molar-refractivity contribution in [1.29, 1.82) is 0 Å². The Bertz CT molecular complexity index is 1410. The lowest BCUT2D eigenvalue weighted by Gasteiger charge is -2.29. The second-order valence-electron chi connectivity index (χ2n) is 10.9. The first-order chi connectivity index (χ1) is 17.8. The van der Waals surface area contributed by atoms with Crippen molar-refractivity contribution in [3.8, 4) is 16.9 Å². The molecule has 0 saturated heterocycles. The molecule has 0 aliphatic carbocycles. The van der Waals surface area contributed by atoms with Crippen LogP contribution in [0.5, 0.6) is 5.75 Å². The van der Waals surface area contributed by atoms with Gasteiger partial charge in [-0.15, -0.1) is 0 Å². The lowest BCUT2D eigenvalue weighted by molar-refractivity contribution is -0.160. The van der Waals surface area contributed by atoms with Gasteiger partial charge in [0.05, 0.1) is 12.7 Å². The first-order valence-corrected chi connectivity index (χ1v) is 12.6. The predicted molar refractivity (Wildman–Crippen MR) is 144 cm³/mol.